The van der Waals surface area contributed by atoms with Crippen LogP contribution in [0.3, 0.4) is 0 Å². The van der Waals surface area contributed by atoms with E-state index in [2.05, 4.69) is 5.32 Å². The predicted molar refractivity (Wildman–Crippen MR) is 75.0 cm³/mol. The van der Waals surface area contributed by atoms with Gasteiger partial charge in [0.15, 0.2) is 0 Å². The monoisotopic (exact) mass is 278 g/mol. The van der Waals surface area contributed by atoms with E-state index >= 15 is 0 Å². The molecule has 2 aromatic rings. The Bertz CT molecular complexity index is 603. The molecule has 2 aromatic carbocycles. The number of para-hydroxylation sites is 1. The molecule has 0 saturated carbocycles. The number of aryl methyl sites for hydroxylation is 1. The molecule has 98 valence electrons. The average Bonchev–Trinajstić information content (AvgIpc) is 2.34. The quantitative estimate of drug-likeness (QED) is 0.824. The van der Waals surface area contributed by atoms with Gasteiger partial charge in [-0.15, -0.1) is 0 Å². The van der Waals surface area contributed by atoms with Crippen molar-refractivity contribution in [1.82, 2.24) is 0 Å². The van der Waals surface area contributed by atoms with E-state index in [9.17, 15) is 9.18 Å². The number of rotatable bonds is 2. The summed E-state index contributed by atoms with van der Waals surface area (Å²) in [6, 6.07) is 9.32. The van der Waals surface area contributed by atoms with Gasteiger partial charge in [0.05, 0.1) is 16.3 Å². The second kappa shape index (κ2) is 5.28. The first-order valence-electron chi connectivity index (χ1n) is 5.61. The van der Waals surface area contributed by atoms with Gasteiger partial charge >= 0.3 is 0 Å². The summed E-state index contributed by atoms with van der Waals surface area (Å²) in [5.41, 5.74) is 7.09. The van der Waals surface area contributed by atoms with Gasteiger partial charge in [0, 0.05) is 5.69 Å². The van der Waals surface area contributed by atoms with Crippen LogP contribution in [0, 0.1) is 12.7 Å². The van der Waals surface area contributed by atoms with Crippen LogP contribution in [0.2, 0.25) is 5.02 Å². The van der Waals surface area contributed by atoms with E-state index in [0.29, 0.717) is 16.8 Å². The van der Waals surface area contributed by atoms with Crippen LogP contribution in [0.5, 0.6) is 0 Å². The lowest BCUT2D eigenvalue weighted by molar-refractivity contribution is 0.102. The highest BCUT2D eigenvalue weighted by Crippen LogP contribution is 2.26. The Morgan fingerprint density at radius 3 is 2.58 bits per heavy atom. The molecule has 3 N–H and O–H groups in total. The zero-order valence-electron chi connectivity index (χ0n) is 10.2. The van der Waals surface area contributed by atoms with Gasteiger partial charge in [-0.1, -0.05) is 29.8 Å². The maximum Gasteiger partial charge on any atom is 0.258 e. The van der Waals surface area contributed by atoms with Gasteiger partial charge in [-0.2, -0.15) is 0 Å². The Hall–Kier alpha value is -2.07. The van der Waals surface area contributed by atoms with Gasteiger partial charge in [0.25, 0.3) is 5.91 Å². The molecule has 3 nitrogen and oxygen atoms in total. The SMILES string of the molecule is Cc1cccc(N)c1C(=O)Nc1c(F)cccc1Cl. The average molecular weight is 279 g/mol. The molecule has 0 aliphatic carbocycles. The lowest BCUT2D eigenvalue weighted by Gasteiger charge is -2.11. The van der Waals surface area contributed by atoms with Crippen molar-refractivity contribution in [2.24, 2.45) is 0 Å². The fourth-order valence-electron chi connectivity index (χ4n) is 1.79. The molecule has 5 heteroatoms. The first kappa shape index (κ1) is 13.4. The summed E-state index contributed by atoms with van der Waals surface area (Å²) in [5, 5.41) is 2.59. The Morgan fingerprint density at radius 1 is 1.26 bits per heavy atom. The van der Waals surface area contributed by atoms with E-state index < -0.39 is 11.7 Å². The van der Waals surface area contributed by atoms with Gasteiger partial charge < -0.3 is 11.1 Å². The lowest BCUT2D eigenvalue weighted by atomic mass is 10.1. The van der Waals surface area contributed by atoms with Gasteiger partial charge in [0.1, 0.15) is 5.82 Å². The molecule has 1 amide bonds. The van der Waals surface area contributed by atoms with Gasteiger partial charge in [0.2, 0.25) is 0 Å². The van der Waals surface area contributed by atoms with Crippen molar-refractivity contribution in [1.29, 1.82) is 0 Å². The van der Waals surface area contributed by atoms with Gasteiger partial charge in [-0.25, -0.2) is 4.39 Å². The second-order valence-corrected chi connectivity index (χ2v) is 4.50. The molecular formula is C14H12ClFN2O. The fraction of sp³-hybridized carbons (Fsp3) is 0.0714. The Kier molecular flexibility index (Phi) is 3.71. The molecule has 2 rings (SSSR count). The maximum atomic E-state index is 13.6. The first-order valence-corrected chi connectivity index (χ1v) is 5.99. The van der Waals surface area contributed by atoms with Gasteiger partial charge in [-0.3, -0.25) is 4.79 Å². The summed E-state index contributed by atoms with van der Waals surface area (Å²) < 4.78 is 13.6. The molecule has 19 heavy (non-hydrogen) atoms. The van der Waals surface area contributed by atoms with E-state index in [0.717, 1.165) is 0 Å². The summed E-state index contributed by atoms with van der Waals surface area (Å²) in [6.45, 7) is 1.76. The molecule has 0 fully saturated rings. The van der Waals surface area contributed by atoms with Crippen LogP contribution in [0.1, 0.15) is 15.9 Å². The number of amides is 1. The standard InChI is InChI=1S/C14H12ClFN2O/c1-8-4-2-7-11(17)12(8)14(19)18-13-9(15)5-3-6-10(13)16/h2-7H,17H2,1H3,(H,18,19). The molecule has 0 heterocycles. The van der Waals surface area contributed by atoms with Crippen LogP contribution in [-0.2, 0) is 0 Å². The molecule has 0 aromatic heterocycles. The molecule has 0 spiro atoms. The van der Waals surface area contributed by atoms with E-state index in [1.807, 2.05) is 0 Å². The zero-order valence-corrected chi connectivity index (χ0v) is 11.0. The lowest BCUT2D eigenvalue weighted by Crippen LogP contribution is -2.16. The minimum absolute atomic E-state index is 0.0446. The van der Waals surface area contributed by atoms with E-state index in [-0.39, 0.29) is 10.7 Å². The largest absolute Gasteiger partial charge is 0.398 e. The molecule has 0 unspecified atom stereocenters. The summed E-state index contributed by atoms with van der Waals surface area (Å²) in [6.07, 6.45) is 0. The van der Waals surface area contributed by atoms with Crippen LogP contribution in [0.4, 0.5) is 15.8 Å². The Morgan fingerprint density at radius 2 is 1.95 bits per heavy atom. The smallest absolute Gasteiger partial charge is 0.258 e. The van der Waals surface area contributed by atoms with Crippen molar-refractivity contribution in [3.05, 3.63) is 58.4 Å². The number of carbonyl (C=O) groups is 1. The highest BCUT2D eigenvalue weighted by molar-refractivity contribution is 6.34. The first-order chi connectivity index (χ1) is 9.00. The predicted octanol–water partition coefficient (Wildman–Crippen LogP) is 3.62. The van der Waals surface area contributed by atoms with Crippen LogP contribution in [-0.4, -0.2) is 5.91 Å². The Labute approximate surface area is 115 Å². The number of nitrogen functional groups attached to an aromatic ring is 1. The highest BCUT2D eigenvalue weighted by atomic mass is 35.5. The molecule has 0 radical (unpaired) electrons. The third-order valence-corrected chi connectivity index (χ3v) is 3.05. The van der Waals surface area contributed by atoms with Crippen LogP contribution < -0.4 is 11.1 Å². The molecular weight excluding hydrogens is 267 g/mol. The number of nitrogens with one attached hydrogen (secondary N) is 1. The fourth-order valence-corrected chi connectivity index (χ4v) is 2.00. The third-order valence-electron chi connectivity index (χ3n) is 2.73. The van der Waals surface area contributed by atoms with Crippen molar-refractivity contribution in [3.63, 3.8) is 0 Å². The topological polar surface area (TPSA) is 55.1 Å². The summed E-state index contributed by atoms with van der Waals surface area (Å²) in [7, 11) is 0. The summed E-state index contributed by atoms with van der Waals surface area (Å²) in [4.78, 5) is 12.1. The van der Waals surface area contributed by atoms with Gasteiger partial charge in [-0.05, 0) is 30.7 Å². The minimum Gasteiger partial charge on any atom is -0.398 e. The van der Waals surface area contributed by atoms with E-state index in [1.165, 1.54) is 18.2 Å². The van der Waals surface area contributed by atoms with Crippen molar-refractivity contribution in [3.8, 4) is 0 Å². The second-order valence-electron chi connectivity index (χ2n) is 4.09. The maximum absolute atomic E-state index is 13.6. The van der Waals surface area contributed by atoms with E-state index in [4.69, 9.17) is 17.3 Å². The van der Waals surface area contributed by atoms with Crippen LogP contribution in [0.15, 0.2) is 36.4 Å². The zero-order chi connectivity index (χ0) is 14.0. The summed E-state index contributed by atoms with van der Waals surface area (Å²) in [5.74, 6) is -1.07. The van der Waals surface area contributed by atoms with Crippen molar-refractivity contribution < 1.29 is 9.18 Å². The molecule has 0 aliphatic rings. The number of hydrogen-bond acceptors (Lipinski definition) is 2. The number of hydrogen-bond donors (Lipinski definition) is 2. The normalized spacial score (nSPS) is 10.3. The molecule has 0 atom stereocenters. The Balaban J connectivity index is 2.37. The molecule has 0 bridgehead atoms. The molecule has 0 saturated heterocycles. The van der Waals surface area contributed by atoms with Crippen molar-refractivity contribution in [2.45, 2.75) is 6.92 Å². The number of carbonyl (C=O) groups excluding carboxylic acids is 1. The van der Waals surface area contributed by atoms with Crippen LogP contribution >= 0.6 is 11.6 Å². The number of benzene rings is 2. The highest BCUT2D eigenvalue weighted by Gasteiger charge is 2.16. The number of halogens is 2. The van der Waals surface area contributed by atoms with Crippen molar-refractivity contribution >= 4 is 28.9 Å². The third kappa shape index (κ3) is 2.69. The molecule has 0 aliphatic heterocycles. The summed E-state index contributed by atoms with van der Waals surface area (Å²) >= 11 is 5.85. The van der Waals surface area contributed by atoms with Crippen LogP contribution in [0.25, 0.3) is 0 Å². The number of anilines is 2. The van der Waals surface area contributed by atoms with E-state index in [1.54, 1.807) is 25.1 Å². The minimum atomic E-state index is -0.590. The van der Waals surface area contributed by atoms with Crippen molar-refractivity contribution in [2.75, 3.05) is 11.1 Å². The number of nitrogens with two attached hydrogens (primary N) is 1.